The molecule has 0 saturated carbocycles. The number of hydrogen-bond acceptors (Lipinski definition) is 4. The van der Waals surface area contributed by atoms with Crippen LogP contribution >= 0.6 is 0 Å². The van der Waals surface area contributed by atoms with Gasteiger partial charge in [-0.15, -0.1) is 0 Å². The van der Waals surface area contributed by atoms with Crippen molar-refractivity contribution in [1.29, 1.82) is 0 Å². The number of H-pyrrole nitrogens is 1. The van der Waals surface area contributed by atoms with E-state index in [9.17, 15) is 14.4 Å². The van der Waals surface area contributed by atoms with E-state index in [0.717, 1.165) is 15.6 Å². The second-order valence-electron chi connectivity index (χ2n) is 6.12. The molecule has 0 bridgehead atoms. The average Bonchev–Trinajstić information content (AvgIpc) is 3.09. The summed E-state index contributed by atoms with van der Waals surface area (Å²) < 4.78 is 2.86. The molecule has 0 saturated heterocycles. The third-order valence-electron chi connectivity index (χ3n) is 4.51. The molecular weight excluding hydrogens is 346 g/mol. The van der Waals surface area contributed by atoms with Crippen LogP contribution in [0.25, 0.3) is 16.4 Å². The van der Waals surface area contributed by atoms with E-state index in [2.05, 4.69) is 15.4 Å². The highest BCUT2D eigenvalue weighted by Gasteiger charge is 2.11. The van der Waals surface area contributed by atoms with Crippen LogP contribution in [0, 0.1) is 0 Å². The van der Waals surface area contributed by atoms with E-state index in [4.69, 9.17) is 0 Å². The smallest absolute Gasteiger partial charge is 0.328 e. The summed E-state index contributed by atoms with van der Waals surface area (Å²) >= 11 is 0. The lowest BCUT2D eigenvalue weighted by atomic mass is 10.1. The largest absolute Gasteiger partial charge is 0.348 e. The van der Waals surface area contributed by atoms with Gasteiger partial charge in [0, 0.05) is 30.4 Å². The highest BCUT2D eigenvalue weighted by molar-refractivity contribution is 5.97. The van der Waals surface area contributed by atoms with Crippen molar-refractivity contribution in [1.82, 2.24) is 24.5 Å². The van der Waals surface area contributed by atoms with E-state index < -0.39 is 5.69 Å². The van der Waals surface area contributed by atoms with Crippen LogP contribution in [-0.2, 0) is 13.1 Å². The number of fused-ring (bicyclic) bond motifs is 2. The van der Waals surface area contributed by atoms with Crippen LogP contribution in [-0.4, -0.2) is 25.1 Å². The van der Waals surface area contributed by atoms with Crippen LogP contribution in [0.1, 0.15) is 22.8 Å². The van der Waals surface area contributed by atoms with Crippen molar-refractivity contribution in [2.24, 2.45) is 0 Å². The van der Waals surface area contributed by atoms with Gasteiger partial charge in [-0.1, -0.05) is 6.07 Å². The maximum Gasteiger partial charge on any atom is 0.328 e. The van der Waals surface area contributed by atoms with Gasteiger partial charge in [0.2, 0.25) is 0 Å². The minimum absolute atomic E-state index is 0.284. The van der Waals surface area contributed by atoms with E-state index >= 15 is 0 Å². The minimum atomic E-state index is -0.487. The zero-order chi connectivity index (χ0) is 19.0. The van der Waals surface area contributed by atoms with Crippen LogP contribution in [0.2, 0.25) is 0 Å². The van der Waals surface area contributed by atoms with E-state index in [-0.39, 0.29) is 18.0 Å². The Hall–Kier alpha value is -3.68. The summed E-state index contributed by atoms with van der Waals surface area (Å²) in [5, 5.41) is 7.45. The third kappa shape index (κ3) is 2.91. The highest BCUT2D eigenvalue weighted by atomic mass is 16.2. The zero-order valence-electron chi connectivity index (χ0n) is 14.6. The maximum atomic E-state index is 12.5. The van der Waals surface area contributed by atoms with Crippen molar-refractivity contribution in [3.8, 4) is 0 Å². The van der Waals surface area contributed by atoms with Crippen LogP contribution in [0.5, 0.6) is 0 Å². The Morgan fingerprint density at radius 2 is 2.07 bits per heavy atom. The number of hydrogen-bond donors (Lipinski definition) is 2. The summed E-state index contributed by atoms with van der Waals surface area (Å²) in [4.78, 5) is 39.4. The quantitative estimate of drug-likeness (QED) is 0.570. The predicted molar refractivity (Wildman–Crippen MR) is 101 cm³/mol. The summed E-state index contributed by atoms with van der Waals surface area (Å²) in [6.45, 7) is 2.33. The molecular formula is C19H17N5O3. The first-order valence-corrected chi connectivity index (χ1v) is 8.55. The monoisotopic (exact) mass is 363 g/mol. The molecule has 0 fully saturated rings. The summed E-state index contributed by atoms with van der Waals surface area (Å²) in [5.41, 5.74) is 1.67. The van der Waals surface area contributed by atoms with Crippen LogP contribution in [0.3, 0.4) is 0 Å². The number of nitrogens with zero attached hydrogens (tertiary/aromatic N) is 3. The third-order valence-corrected chi connectivity index (χ3v) is 4.51. The summed E-state index contributed by atoms with van der Waals surface area (Å²) in [6.07, 6.45) is 3.55. The number of nitrogens with one attached hydrogen (secondary N) is 2. The number of pyridine rings is 1. The fourth-order valence-corrected chi connectivity index (χ4v) is 3.08. The summed E-state index contributed by atoms with van der Waals surface area (Å²) in [6, 6.07) is 10.4. The van der Waals surface area contributed by atoms with Crippen LogP contribution in [0.4, 0.5) is 0 Å². The molecule has 0 aliphatic rings. The SMILES string of the molecule is CCn1c(=O)[nH]c2cc(C(=O)NCc3cnn4ccccc34)ccc2c1=O. The Kier molecular flexibility index (Phi) is 4.08. The van der Waals surface area contributed by atoms with Crippen molar-refractivity contribution >= 4 is 22.3 Å². The Morgan fingerprint density at radius 1 is 1.22 bits per heavy atom. The Balaban J connectivity index is 1.61. The lowest BCUT2D eigenvalue weighted by molar-refractivity contribution is 0.0951. The molecule has 1 amide bonds. The van der Waals surface area contributed by atoms with Gasteiger partial charge in [0.05, 0.1) is 22.6 Å². The van der Waals surface area contributed by atoms with Crippen molar-refractivity contribution < 1.29 is 4.79 Å². The minimum Gasteiger partial charge on any atom is -0.348 e. The molecule has 3 heterocycles. The van der Waals surface area contributed by atoms with Crippen molar-refractivity contribution in [3.63, 3.8) is 0 Å². The van der Waals surface area contributed by atoms with E-state index in [1.807, 2.05) is 24.4 Å². The fraction of sp³-hybridized carbons (Fsp3) is 0.158. The molecule has 4 rings (SSSR count). The standard InChI is InChI=1S/C19H17N5O3/c1-2-23-18(26)14-7-6-12(9-15(14)22-19(23)27)17(25)20-10-13-11-21-24-8-4-3-5-16(13)24/h3-9,11H,2,10H2,1H3,(H,20,25)(H,22,27). The maximum absolute atomic E-state index is 12.5. The molecule has 0 aliphatic heterocycles. The van der Waals surface area contributed by atoms with Gasteiger partial charge in [-0.3, -0.25) is 14.2 Å². The lowest BCUT2D eigenvalue weighted by Gasteiger charge is -2.07. The first-order chi connectivity index (χ1) is 13.1. The Labute approximate surface area is 153 Å². The molecule has 0 aliphatic carbocycles. The van der Waals surface area contributed by atoms with E-state index in [1.165, 1.54) is 6.07 Å². The second kappa shape index (κ2) is 6.56. The zero-order valence-corrected chi connectivity index (χ0v) is 14.6. The van der Waals surface area contributed by atoms with Gasteiger partial charge < -0.3 is 10.3 Å². The van der Waals surface area contributed by atoms with Gasteiger partial charge in [0.15, 0.2) is 0 Å². The molecule has 0 unspecified atom stereocenters. The number of aromatic amines is 1. The second-order valence-corrected chi connectivity index (χ2v) is 6.12. The van der Waals surface area contributed by atoms with Crippen molar-refractivity contribution in [3.05, 3.63) is 80.8 Å². The predicted octanol–water partition coefficient (Wildman–Crippen LogP) is 1.29. The Bertz CT molecular complexity index is 1280. The number of carbonyl (C=O) groups is 1. The van der Waals surface area contributed by atoms with Gasteiger partial charge in [-0.2, -0.15) is 5.10 Å². The number of amides is 1. The highest BCUT2D eigenvalue weighted by Crippen LogP contribution is 2.12. The van der Waals surface area contributed by atoms with Crippen LogP contribution < -0.4 is 16.6 Å². The number of benzene rings is 1. The molecule has 0 atom stereocenters. The Morgan fingerprint density at radius 3 is 2.89 bits per heavy atom. The van der Waals surface area contributed by atoms with Gasteiger partial charge in [-0.05, 0) is 37.3 Å². The van der Waals surface area contributed by atoms with Crippen LogP contribution in [0.15, 0.2) is 58.4 Å². The number of carbonyl (C=O) groups excluding carboxylic acids is 1. The number of aromatic nitrogens is 4. The number of rotatable bonds is 4. The summed E-state index contributed by atoms with van der Waals surface area (Å²) in [7, 11) is 0. The lowest BCUT2D eigenvalue weighted by Crippen LogP contribution is -2.34. The normalized spacial score (nSPS) is 11.1. The fourth-order valence-electron chi connectivity index (χ4n) is 3.08. The van der Waals surface area contributed by atoms with E-state index in [1.54, 1.807) is 29.8 Å². The summed E-state index contributed by atoms with van der Waals surface area (Å²) in [5.74, 6) is -0.298. The molecule has 4 aromatic rings. The first kappa shape index (κ1) is 16.8. The first-order valence-electron chi connectivity index (χ1n) is 8.55. The van der Waals surface area contributed by atoms with Crippen molar-refractivity contribution in [2.45, 2.75) is 20.0 Å². The molecule has 8 heteroatoms. The van der Waals surface area contributed by atoms with Gasteiger partial charge >= 0.3 is 5.69 Å². The van der Waals surface area contributed by atoms with E-state index in [0.29, 0.717) is 23.0 Å². The molecule has 8 nitrogen and oxygen atoms in total. The average molecular weight is 363 g/mol. The molecule has 0 radical (unpaired) electrons. The molecule has 0 spiro atoms. The van der Waals surface area contributed by atoms with Gasteiger partial charge in [0.1, 0.15) is 0 Å². The molecule has 1 aromatic carbocycles. The topological polar surface area (TPSA) is 101 Å². The molecule has 2 N–H and O–H groups in total. The molecule has 27 heavy (non-hydrogen) atoms. The molecule has 3 aromatic heterocycles. The van der Waals surface area contributed by atoms with Gasteiger partial charge in [0.25, 0.3) is 11.5 Å². The van der Waals surface area contributed by atoms with Gasteiger partial charge in [-0.25, -0.2) is 9.31 Å². The van der Waals surface area contributed by atoms with Crippen molar-refractivity contribution in [2.75, 3.05) is 0 Å². The molecule has 136 valence electrons.